The molecule has 2 aromatic carbocycles. The number of halogens is 3. The fourth-order valence-corrected chi connectivity index (χ4v) is 1.63. The summed E-state index contributed by atoms with van der Waals surface area (Å²) in [5, 5.41) is 18.3. The van der Waals surface area contributed by atoms with Gasteiger partial charge in [-0.2, -0.15) is 13.2 Å². The van der Waals surface area contributed by atoms with Gasteiger partial charge in [0.2, 0.25) is 0 Å². The summed E-state index contributed by atoms with van der Waals surface area (Å²) in [6.07, 6.45) is -4.41. The first-order chi connectivity index (χ1) is 9.38. The summed E-state index contributed by atoms with van der Waals surface area (Å²) >= 11 is 0. The number of benzene rings is 2. The van der Waals surface area contributed by atoms with E-state index in [-0.39, 0.29) is 17.0 Å². The van der Waals surface area contributed by atoms with E-state index in [4.69, 9.17) is 14.8 Å². The van der Waals surface area contributed by atoms with Crippen LogP contribution in [0.15, 0.2) is 48.5 Å². The Kier molecular flexibility index (Phi) is 4.01. The van der Waals surface area contributed by atoms with Crippen LogP contribution in [0.2, 0.25) is 0 Å². The van der Waals surface area contributed by atoms with Gasteiger partial charge in [0.1, 0.15) is 11.5 Å². The Balaban J connectivity index is 2.23. The van der Waals surface area contributed by atoms with Crippen molar-refractivity contribution in [1.82, 2.24) is 0 Å². The molecule has 0 saturated carbocycles. The molecule has 7 heteroatoms. The summed E-state index contributed by atoms with van der Waals surface area (Å²) in [4.78, 5) is 0. The second kappa shape index (κ2) is 5.56. The van der Waals surface area contributed by atoms with E-state index >= 15 is 0 Å². The van der Waals surface area contributed by atoms with Gasteiger partial charge in [-0.1, -0.05) is 18.2 Å². The summed E-state index contributed by atoms with van der Waals surface area (Å²) in [6.45, 7) is 0. The maximum atomic E-state index is 12.4. The average molecular weight is 282 g/mol. The molecule has 2 aromatic rings. The van der Waals surface area contributed by atoms with Crippen LogP contribution in [0.5, 0.6) is 11.5 Å². The first kappa shape index (κ1) is 14.4. The van der Waals surface area contributed by atoms with Crippen LogP contribution in [-0.2, 0) is 6.18 Å². The third-order valence-corrected chi connectivity index (χ3v) is 2.61. The van der Waals surface area contributed by atoms with E-state index in [1.165, 1.54) is 24.3 Å². The van der Waals surface area contributed by atoms with Crippen LogP contribution in [0.4, 0.5) is 13.2 Å². The lowest BCUT2D eigenvalue weighted by molar-refractivity contribution is -0.137. The van der Waals surface area contributed by atoms with E-state index in [2.05, 4.69) is 0 Å². The van der Waals surface area contributed by atoms with Crippen molar-refractivity contribution in [3.63, 3.8) is 0 Å². The van der Waals surface area contributed by atoms with Crippen LogP contribution in [0.3, 0.4) is 0 Å². The topological polar surface area (TPSA) is 49.7 Å². The minimum Gasteiger partial charge on any atom is -0.458 e. The van der Waals surface area contributed by atoms with Crippen molar-refractivity contribution in [2.45, 2.75) is 6.18 Å². The van der Waals surface area contributed by atoms with Gasteiger partial charge in [-0.15, -0.1) is 0 Å². The van der Waals surface area contributed by atoms with Crippen molar-refractivity contribution in [3.05, 3.63) is 54.1 Å². The lowest BCUT2D eigenvalue weighted by atomic mass is 9.79. The molecular weight excluding hydrogens is 272 g/mol. The molecule has 2 N–H and O–H groups in total. The van der Waals surface area contributed by atoms with Gasteiger partial charge < -0.3 is 14.8 Å². The Hall–Kier alpha value is -1.99. The summed E-state index contributed by atoms with van der Waals surface area (Å²) in [7, 11) is -1.72. The molecule has 0 atom stereocenters. The maximum Gasteiger partial charge on any atom is 0.492 e. The fraction of sp³-hybridized carbons (Fsp3) is 0.0769. The molecule has 3 nitrogen and oxygen atoms in total. The maximum absolute atomic E-state index is 12.4. The van der Waals surface area contributed by atoms with E-state index in [1.807, 2.05) is 0 Å². The quantitative estimate of drug-likeness (QED) is 0.848. The van der Waals surface area contributed by atoms with Gasteiger partial charge in [0.25, 0.3) is 0 Å². The summed E-state index contributed by atoms with van der Waals surface area (Å²) in [5.41, 5.74) is -0.646. The first-order valence-electron chi connectivity index (χ1n) is 5.68. The second-order valence-corrected chi connectivity index (χ2v) is 4.04. The molecule has 20 heavy (non-hydrogen) atoms. The third-order valence-electron chi connectivity index (χ3n) is 2.61. The molecule has 0 aliphatic rings. The molecule has 0 radical (unpaired) electrons. The molecule has 0 amide bonds. The van der Waals surface area contributed by atoms with Crippen LogP contribution in [0.1, 0.15) is 5.56 Å². The van der Waals surface area contributed by atoms with Crippen molar-refractivity contribution >= 4 is 12.6 Å². The van der Waals surface area contributed by atoms with Gasteiger partial charge in [0.05, 0.1) is 5.56 Å². The minimum atomic E-state index is -4.41. The zero-order valence-corrected chi connectivity index (χ0v) is 10.1. The fourth-order valence-electron chi connectivity index (χ4n) is 1.63. The first-order valence-corrected chi connectivity index (χ1v) is 5.68. The molecule has 2 rings (SSSR count). The molecule has 0 saturated heterocycles. The highest BCUT2D eigenvalue weighted by molar-refractivity contribution is 6.59. The number of para-hydroxylation sites is 1. The second-order valence-electron chi connectivity index (χ2n) is 4.04. The van der Waals surface area contributed by atoms with E-state index < -0.39 is 18.9 Å². The van der Waals surface area contributed by atoms with Crippen LogP contribution in [-0.4, -0.2) is 17.2 Å². The number of hydrogen-bond donors (Lipinski definition) is 2. The van der Waals surface area contributed by atoms with Gasteiger partial charge in [-0.25, -0.2) is 0 Å². The summed E-state index contributed by atoms with van der Waals surface area (Å²) < 4.78 is 42.6. The van der Waals surface area contributed by atoms with Crippen LogP contribution < -0.4 is 10.2 Å². The predicted molar refractivity (Wildman–Crippen MR) is 67.8 cm³/mol. The lowest BCUT2D eigenvalue weighted by Crippen LogP contribution is -2.30. The Morgan fingerprint density at radius 3 is 2.05 bits per heavy atom. The van der Waals surface area contributed by atoms with Crippen molar-refractivity contribution in [2.75, 3.05) is 0 Å². The molecular formula is C13H10BF3O3. The SMILES string of the molecule is OB(O)c1ccccc1Oc1ccc(C(F)(F)F)cc1. The summed E-state index contributed by atoms with van der Waals surface area (Å²) in [6, 6.07) is 10.3. The number of hydrogen-bond acceptors (Lipinski definition) is 3. The molecule has 0 fully saturated rings. The van der Waals surface area contributed by atoms with Gasteiger partial charge in [0, 0.05) is 5.46 Å². The molecule has 104 valence electrons. The Labute approximate surface area is 113 Å². The van der Waals surface area contributed by atoms with Crippen molar-refractivity contribution in [2.24, 2.45) is 0 Å². The molecule has 0 spiro atoms. The van der Waals surface area contributed by atoms with E-state index in [1.54, 1.807) is 12.1 Å². The van der Waals surface area contributed by atoms with Crippen LogP contribution >= 0.6 is 0 Å². The molecule has 0 unspecified atom stereocenters. The average Bonchev–Trinajstić information content (AvgIpc) is 2.38. The van der Waals surface area contributed by atoms with Crippen molar-refractivity contribution in [3.8, 4) is 11.5 Å². The molecule has 0 aliphatic carbocycles. The van der Waals surface area contributed by atoms with E-state index in [0.29, 0.717) is 0 Å². The van der Waals surface area contributed by atoms with Gasteiger partial charge >= 0.3 is 13.3 Å². The minimum absolute atomic E-state index is 0.132. The smallest absolute Gasteiger partial charge is 0.458 e. The Morgan fingerprint density at radius 2 is 1.50 bits per heavy atom. The summed E-state index contributed by atoms with van der Waals surface area (Å²) in [5.74, 6) is 0.341. The number of rotatable bonds is 3. The van der Waals surface area contributed by atoms with Gasteiger partial charge in [-0.05, 0) is 30.3 Å². The van der Waals surface area contributed by atoms with Crippen molar-refractivity contribution < 1.29 is 28.0 Å². The molecule has 0 bridgehead atoms. The van der Waals surface area contributed by atoms with Gasteiger partial charge in [-0.3, -0.25) is 0 Å². The highest BCUT2D eigenvalue weighted by Crippen LogP contribution is 2.31. The van der Waals surface area contributed by atoms with E-state index in [0.717, 1.165) is 12.1 Å². The Morgan fingerprint density at radius 1 is 0.900 bits per heavy atom. The monoisotopic (exact) mass is 282 g/mol. The zero-order chi connectivity index (χ0) is 14.8. The highest BCUT2D eigenvalue weighted by Gasteiger charge is 2.30. The molecule has 0 heterocycles. The number of ether oxygens (including phenoxy) is 1. The third kappa shape index (κ3) is 3.31. The van der Waals surface area contributed by atoms with E-state index in [9.17, 15) is 13.2 Å². The van der Waals surface area contributed by atoms with Gasteiger partial charge in [0.15, 0.2) is 0 Å². The van der Waals surface area contributed by atoms with Crippen LogP contribution in [0, 0.1) is 0 Å². The highest BCUT2D eigenvalue weighted by atomic mass is 19.4. The standard InChI is InChI=1S/C13H10BF3O3/c15-13(16,17)9-5-7-10(8-6-9)20-12-4-2-1-3-11(12)14(18)19/h1-8,18-19H. The van der Waals surface area contributed by atoms with Crippen LogP contribution in [0.25, 0.3) is 0 Å². The lowest BCUT2D eigenvalue weighted by Gasteiger charge is -2.11. The normalized spacial score (nSPS) is 11.2. The number of alkyl halides is 3. The predicted octanol–water partition coefficient (Wildman–Crippen LogP) is 2.18. The van der Waals surface area contributed by atoms with Crippen molar-refractivity contribution in [1.29, 1.82) is 0 Å². The molecule has 0 aromatic heterocycles. The molecule has 0 aliphatic heterocycles. The Bertz CT molecular complexity index is 582. The zero-order valence-electron chi connectivity index (χ0n) is 10.1. The largest absolute Gasteiger partial charge is 0.492 e.